The molecule has 2 aromatic rings. The van der Waals surface area contributed by atoms with Crippen LogP contribution in [0.25, 0.3) is 0 Å². The lowest BCUT2D eigenvalue weighted by molar-refractivity contribution is 0.102. The summed E-state index contributed by atoms with van der Waals surface area (Å²) < 4.78 is 28.1. The monoisotopic (exact) mass is 596 g/mol. The predicted octanol–water partition coefficient (Wildman–Crippen LogP) is 9.51. The van der Waals surface area contributed by atoms with E-state index in [1.54, 1.807) is 13.8 Å². The van der Waals surface area contributed by atoms with Crippen molar-refractivity contribution in [2.45, 2.75) is 73.6 Å². The van der Waals surface area contributed by atoms with Gasteiger partial charge in [0.15, 0.2) is 0 Å². The number of carbonyl (C=O) groups excluding carboxylic acids is 1. The van der Waals surface area contributed by atoms with E-state index >= 15 is 0 Å². The summed E-state index contributed by atoms with van der Waals surface area (Å²) in [5, 5.41) is 6.37. The molecule has 0 aromatic heterocycles. The number of rotatable bonds is 19. The Kier molecular flexibility index (Phi) is 16.2. The maximum atomic E-state index is 13.1. The summed E-state index contributed by atoms with van der Waals surface area (Å²) >= 11 is 0. The van der Waals surface area contributed by atoms with Gasteiger partial charge in [0, 0.05) is 17.9 Å². The third-order valence-electron chi connectivity index (χ3n) is 6.46. The highest BCUT2D eigenvalue weighted by molar-refractivity contribution is 7.48. The van der Waals surface area contributed by atoms with Crippen molar-refractivity contribution >= 4 is 25.1 Å². The van der Waals surface area contributed by atoms with Crippen LogP contribution in [0.15, 0.2) is 83.5 Å². The van der Waals surface area contributed by atoms with Crippen LogP contribution in [0.2, 0.25) is 0 Å². The molecule has 0 radical (unpaired) electrons. The van der Waals surface area contributed by atoms with E-state index in [9.17, 15) is 9.36 Å². The first-order chi connectivity index (χ1) is 20.2. The first-order valence-corrected chi connectivity index (χ1v) is 16.3. The Bertz CT molecular complexity index is 1240. The van der Waals surface area contributed by atoms with Gasteiger partial charge in [-0.15, -0.1) is 0 Å². The van der Waals surface area contributed by atoms with Crippen LogP contribution < -0.4 is 10.6 Å². The standard InChI is InChI=1S/C34H49N2O5P/c1-7-39-42(38,40-8-2)41-26-24-30-19-21-31(22-20-30)36-34(37)32-17-9-10-18-33(32)35-25-23-29(6)16-12-15-28(5)14-11-13-27(3)4/h9-10,13,15,17-23,35H,7-8,11-12,14,16,24-26H2,1-6H3,(H,36,37)/b28-15+,29-23+. The molecule has 7 nitrogen and oxygen atoms in total. The molecule has 8 heteroatoms. The normalized spacial score (nSPS) is 12.2. The van der Waals surface area contributed by atoms with Crippen molar-refractivity contribution in [1.82, 2.24) is 0 Å². The summed E-state index contributed by atoms with van der Waals surface area (Å²) in [6.07, 6.45) is 11.6. The highest BCUT2D eigenvalue weighted by Gasteiger charge is 2.24. The number of phosphoric ester groups is 1. The molecule has 0 bridgehead atoms. The lowest BCUT2D eigenvalue weighted by atomic mass is 10.1. The molecule has 0 spiro atoms. The molecule has 2 N–H and O–H groups in total. The number of benzene rings is 2. The average Bonchev–Trinajstić information content (AvgIpc) is 2.94. The van der Waals surface area contributed by atoms with E-state index in [2.05, 4.69) is 56.6 Å². The van der Waals surface area contributed by atoms with Gasteiger partial charge in [-0.05, 0) is 103 Å². The van der Waals surface area contributed by atoms with Crippen molar-refractivity contribution in [3.8, 4) is 0 Å². The van der Waals surface area contributed by atoms with Crippen LogP contribution in [0.4, 0.5) is 11.4 Å². The minimum absolute atomic E-state index is 0.182. The number of hydrogen-bond donors (Lipinski definition) is 2. The SMILES string of the molecule is CCOP(=O)(OCC)OCCc1ccc(NC(=O)c2ccccc2NC/C=C(\C)CC/C=C(\C)CCC=C(C)C)cc1. The molecule has 0 aliphatic carbocycles. The zero-order chi connectivity index (χ0) is 30.8. The average molecular weight is 597 g/mol. The van der Waals surface area contributed by atoms with E-state index < -0.39 is 7.82 Å². The van der Waals surface area contributed by atoms with Gasteiger partial charge in [0.25, 0.3) is 5.91 Å². The van der Waals surface area contributed by atoms with Gasteiger partial charge in [0.2, 0.25) is 0 Å². The molecular weight excluding hydrogens is 547 g/mol. The molecule has 230 valence electrons. The first-order valence-electron chi connectivity index (χ1n) is 14.9. The fraction of sp³-hybridized carbons (Fsp3) is 0.441. The smallest absolute Gasteiger partial charge is 0.381 e. The maximum absolute atomic E-state index is 13.1. The first kappa shape index (κ1) is 35.2. The third-order valence-corrected chi connectivity index (χ3v) is 8.11. The van der Waals surface area contributed by atoms with Gasteiger partial charge in [-0.25, -0.2) is 4.57 Å². The van der Waals surface area contributed by atoms with E-state index in [1.807, 2.05) is 48.5 Å². The summed E-state index contributed by atoms with van der Waals surface area (Å²) in [6.45, 7) is 13.5. The summed E-state index contributed by atoms with van der Waals surface area (Å²) in [6, 6.07) is 15.0. The Labute approximate surface area is 253 Å². The quantitative estimate of drug-likeness (QED) is 0.124. The van der Waals surface area contributed by atoms with Crippen LogP contribution in [0, 0.1) is 0 Å². The van der Waals surface area contributed by atoms with Gasteiger partial charge < -0.3 is 10.6 Å². The van der Waals surface area contributed by atoms with E-state index in [0.717, 1.165) is 36.9 Å². The van der Waals surface area contributed by atoms with Crippen LogP contribution >= 0.6 is 7.82 Å². The molecule has 42 heavy (non-hydrogen) atoms. The van der Waals surface area contributed by atoms with E-state index in [1.165, 1.54) is 16.7 Å². The Morgan fingerprint density at radius 3 is 2.07 bits per heavy atom. The van der Waals surface area contributed by atoms with Crippen molar-refractivity contribution < 1.29 is 22.9 Å². The number of nitrogens with one attached hydrogen (secondary N) is 2. The Hall–Kier alpha value is -2.96. The lowest BCUT2D eigenvalue weighted by Crippen LogP contribution is -2.15. The van der Waals surface area contributed by atoms with Crippen LogP contribution in [0.5, 0.6) is 0 Å². The molecule has 2 rings (SSSR count). The van der Waals surface area contributed by atoms with Gasteiger partial charge in [0.1, 0.15) is 0 Å². The van der Waals surface area contributed by atoms with Gasteiger partial charge >= 0.3 is 7.82 Å². The number of para-hydroxylation sites is 1. The predicted molar refractivity (Wildman–Crippen MR) is 175 cm³/mol. The second-order valence-corrected chi connectivity index (χ2v) is 12.1. The second-order valence-electron chi connectivity index (χ2n) is 10.4. The van der Waals surface area contributed by atoms with Gasteiger partial charge in [-0.2, -0.15) is 0 Å². The van der Waals surface area contributed by atoms with Crippen molar-refractivity contribution in [3.05, 3.63) is 94.6 Å². The number of carbonyl (C=O) groups is 1. The Morgan fingerprint density at radius 2 is 1.43 bits per heavy atom. The fourth-order valence-corrected chi connectivity index (χ4v) is 5.34. The van der Waals surface area contributed by atoms with E-state index in [-0.39, 0.29) is 25.7 Å². The zero-order valence-electron chi connectivity index (χ0n) is 26.2. The highest BCUT2D eigenvalue weighted by atomic mass is 31.2. The van der Waals surface area contributed by atoms with E-state index in [0.29, 0.717) is 24.2 Å². The molecule has 0 saturated heterocycles. The van der Waals surface area contributed by atoms with Gasteiger partial charge in [0.05, 0.1) is 25.4 Å². The van der Waals surface area contributed by atoms with Crippen molar-refractivity contribution in [1.29, 1.82) is 0 Å². The topological polar surface area (TPSA) is 85.9 Å². The minimum atomic E-state index is -3.52. The van der Waals surface area contributed by atoms with E-state index in [4.69, 9.17) is 13.6 Å². The molecule has 0 unspecified atom stereocenters. The largest absolute Gasteiger partial charge is 0.474 e. The number of phosphoric acid groups is 1. The molecule has 2 aromatic carbocycles. The highest BCUT2D eigenvalue weighted by Crippen LogP contribution is 2.49. The molecule has 1 amide bonds. The molecule has 0 aliphatic rings. The summed E-state index contributed by atoms with van der Waals surface area (Å²) in [4.78, 5) is 13.1. The minimum Gasteiger partial charge on any atom is -0.381 e. The molecule has 0 aliphatic heterocycles. The van der Waals surface area contributed by atoms with Crippen molar-refractivity contribution in [2.75, 3.05) is 37.0 Å². The number of allylic oxidation sites excluding steroid dienone is 5. The van der Waals surface area contributed by atoms with Crippen LogP contribution in [-0.2, 0) is 24.6 Å². The summed E-state index contributed by atoms with van der Waals surface area (Å²) in [5.41, 5.74) is 7.17. The molecule has 0 atom stereocenters. The summed E-state index contributed by atoms with van der Waals surface area (Å²) in [7, 11) is -3.52. The fourth-order valence-electron chi connectivity index (χ4n) is 4.17. The van der Waals surface area contributed by atoms with Gasteiger partial charge in [-0.1, -0.05) is 59.2 Å². The van der Waals surface area contributed by atoms with Crippen LogP contribution in [-0.4, -0.2) is 32.3 Å². The number of hydrogen-bond acceptors (Lipinski definition) is 6. The zero-order valence-corrected chi connectivity index (χ0v) is 27.1. The molecule has 0 fully saturated rings. The van der Waals surface area contributed by atoms with Crippen molar-refractivity contribution in [3.63, 3.8) is 0 Å². The van der Waals surface area contributed by atoms with Crippen LogP contribution in [0.3, 0.4) is 0 Å². The summed E-state index contributed by atoms with van der Waals surface area (Å²) in [5.74, 6) is -0.182. The maximum Gasteiger partial charge on any atom is 0.474 e. The Morgan fingerprint density at radius 1 is 0.810 bits per heavy atom. The molecule has 0 heterocycles. The lowest BCUT2D eigenvalue weighted by Gasteiger charge is -2.16. The molecule has 0 saturated carbocycles. The van der Waals surface area contributed by atoms with Crippen molar-refractivity contribution in [2.24, 2.45) is 0 Å². The van der Waals surface area contributed by atoms with Crippen LogP contribution in [0.1, 0.15) is 83.1 Å². The third kappa shape index (κ3) is 13.8. The number of amides is 1. The Balaban J connectivity index is 1.86. The second kappa shape index (κ2) is 19.3. The number of anilines is 2. The molecular formula is C34H49N2O5P. The van der Waals surface area contributed by atoms with Gasteiger partial charge in [-0.3, -0.25) is 18.4 Å².